The summed E-state index contributed by atoms with van der Waals surface area (Å²) in [7, 11) is -1.20. The number of hydrogen-bond donors (Lipinski definition) is 0. The van der Waals surface area contributed by atoms with Gasteiger partial charge in [-0.1, -0.05) is 0 Å². The third-order valence-electron chi connectivity index (χ3n) is 1.89. The molecule has 0 saturated heterocycles. The van der Waals surface area contributed by atoms with Crippen molar-refractivity contribution in [2.24, 2.45) is 4.40 Å². The lowest BCUT2D eigenvalue weighted by Crippen LogP contribution is -2.19. The number of rotatable bonds is 3. The highest BCUT2D eigenvalue weighted by Crippen LogP contribution is 2.12. The molecule has 0 aromatic carbocycles. The maximum atomic E-state index is 11.6. The molecule has 0 aliphatic rings. The van der Waals surface area contributed by atoms with Gasteiger partial charge in [0.25, 0.3) is 0 Å². The van der Waals surface area contributed by atoms with Gasteiger partial charge < -0.3 is 4.57 Å². The van der Waals surface area contributed by atoms with E-state index in [1.54, 1.807) is 18.7 Å². The van der Waals surface area contributed by atoms with Crippen LogP contribution in [0.15, 0.2) is 16.9 Å². The molecule has 1 aromatic heterocycles. The van der Waals surface area contributed by atoms with Crippen LogP contribution in [0.25, 0.3) is 0 Å². The summed E-state index contributed by atoms with van der Waals surface area (Å²) >= 11 is 0. The molecule has 15 heavy (non-hydrogen) atoms. The van der Waals surface area contributed by atoms with Gasteiger partial charge in [-0.3, -0.25) is 0 Å². The summed E-state index contributed by atoms with van der Waals surface area (Å²) in [5.41, 5.74) is 0.884. The van der Waals surface area contributed by atoms with Gasteiger partial charge in [0.2, 0.25) is 0 Å². The summed E-state index contributed by atoms with van der Waals surface area (Å²) in [5.74, 6) is 0. The van der Waals surface area contributed by atoms with Crippen LogP contribution >= 0.6 is 0 Å². The Kier molecular flexibility index (Phi) is 3.79. The molecule has 0 saturated carbocycles. The molecule has 1 rings (SSSR count). The van der Waals surface area contributed by atoms with Crippen LogP contribution in [-0.4, -0.2) is 24.7 Å². The lowest BCUT2D eigenvalue weighted by molar-refractivity contribution is 0.651. The highest BCUT2D eigenvalue weighted by molar-refractivity contribution is 7.85. The van der Waals surface area contributed by atoms with Gasteiger partial charge in [-0.25, -0.2) is 9.19 Å². The highest BCUT2D eigenvalue weighted by Gasteiger charge is 2.18. The Morgan fingerprint density at radius 1 is 1.60 bits per heavy atom. The molecule has 0 aliphatic heterocycles. The second kappa shape index (κ2) is 4.70. The van der Waals surface area contributed by atoms with Crippen molar-refractivity contribution in [2.75, 3.05) is 0 Å². The monoisotopic (exact) mass is 227 g/mol. The van der Waals surface area contributed by atoms with Gasteiger partial charge in [0.15, 0.2) is 0 Å². The molecular weight excluding hydrogens is 210 g/mol. The Hall–Kier alpha value is -0.970. The Morgan fingerprint density at radius 2 is 2.27 bits per heavy atom. The first-order valence-electron chi connectivity index (χ1n) is 4.91. The first-order valence-corrected chi connectivity index (χ1v) is 6.02. The molecule has 0 amide bonds. The number of imidazole rings is 1. The summed E-state index contributed by atoms with van der Waals surface area (Å²) in [6, 6.07) is 0. The molecule has 0 fully saturated rings. The molecule has 84 valence electrons. The van der Waals surface area contributed by atoms with E-state index in [4.69, 9.17) is 0 Å². The maximum Gasteiger partial charge on any atom is 0.144 e. The first kappa shape index (κ1) is 12.1. The van der Waals surface area contributed by atoms with Crippen LogP contribution in [0.1, 0.15) is 33.4 Å². The molecule has 4 nitrogen and oxygen atoms in total. The molecule has 0 N–H and O–H groups in total. The smallest absolute Gasteiger partial charge is 0.144 e. The van der Waals surface area contributed by atoms with Crippen LogP contribution in [0.2, 0.25) is 0 Å². The maximum absolute atomic E-state index is 11.6. The molecule has 1 unspecified atom stereocenters. The minimum atomic E-state index is -1.20. The molecule has 0 bridgehead atoms. The predicted molar refractivity (Wildman–Crippen MR) is 63.4 cm³/mol. The molecule has 0 spiro atoms. The average molecular weight is 227 g/mol. The normalized spacial score (nSPS) is 14.7. The average Bonchev–Trinajstić information content (AvgIpc) is 2.59. The lowest BCUT2D eigenvalue weighted by atomic mass is 10.3. The topological polar surface area (TPSA) is 47.2 Å². The predicted octanol–water partition coefficient (Wildman–Crippen LogP) is 1.78. The van der Waals surface area contributed by atoms with Gasteiger partial charge in [0, 0.05) is 6.54 Å². The number of hydrogen-bond acceptors (Lipinski definition) is 2. The van der Waals surface area contributed by atoms with E-state index in [1.165, 1.54) is 0 Å². The molecule has 1 aromatic rings. The van der Waals surface area contributed by atoms with E-state index >= 15 is 0 Å². The van der Waals surface area contributed by atoms with E-state index in [-0.39, 0.29) is 4.75 Å². The highest BCUT2D eigenvalue weighted by atomic mass is 32.2. The Labute approximate surface area is 93.0 Å². The van der Waals surface area contributed by atoms with Gasteiger partial charge in [0.1, 0.15) is 11.0 Å². The van der Waals surface area contributed by atoms with Gasteiger partial charge in [-0.15, -0.1) is 0 Å². The molecule has 0 radical (unpaired) electrons. The first-order chi connectivity index (χ1) is 6.95. The minimum Gasteiger partial charge on any atom is -0.330 e. The minimum absolute atomic E-state index is 0.312. The zero-order valence-corrected chi connectivity index (χ0v) is 10.4. The molecule has 1 atom stereocenters. The van der Waals surface area contributed by atoms with E-state index in [0.717, 1.165) is 12.2 Å². The van der Waals surface area contributed by atoms with E-state index in [1.807, 2.05) is 32.3 Å². The lowest BCUT2D eigenvalue weighted by Gasteiger charge is -2.12. The van der Waals surface area contributed by atoms with Crippen LogP contribution < -0.4 is 0 Å². The van der Waals surface area contributed by atoms with Crippen LogP contribution in [-0.2, 0) is 17.5 Å². The summed E-state index contributed by atoms with van der Waals surface area (Å²) < 4.78 is 17.3. The Bertz CT molecular complexity index is 376. The zero-order chi connectivity index (χ0) is 11.5. The largest absolute Gasteiger partial charge is 0.330 e. The fourth-order valence-corrected chi connectivity index (χ4v) is 1.48. The molecule has 1 heterocycles. The summed E-state index contributed by atoms with van der Waals surface area (Å²) in [6.07, 6.45) is 5.08. The SMILES string of the molecule is CCn1cncc1/C=N/S(=O)C(C)(C)C. The van der Waals surface area contributed by atoms with Crippen molar-refractivity contribution in [3.05, 3.63) is 18.2 Å². The fraction of sp³-hybridized carbons (Fsp3) is 0.600. The Morgan fingerprint density at radius 3 is 2.80 bits per heavy atom. The molecular formula is C10H17N3OS. The third kappa shape index (κ3) is 3.27. The van der Waals surface area contributed by atoms with E-state index in [9.17, 15) is 4.21 Å². The number of nitrogens with zero attached hydrogens (tertiary/aromatic N) is 3. The quantitative estimate of drug-likeness (QED) is 0.739. The van der Waals surface area contributed by atoms with Gasteiger partial charge in [-0.05, 0) is 27.7 Å². The van der Waals surface area contributed by atoms with Crippen LogP contribution in [0, 0.1) is 0 Å². The second-order valence-electron chi connectivity index (χ2n) is 4.20. The van der Waals surface area contributed by atoms with Gasteiger partial charge >= 0.3 is 0 Å². The fourth-order valence-electron chi connectivity index (χ4n) is 0.963. The van der Waals surface area contributed by atoms with E-state index in [0.29, 0.717) is 0 Å². The third-order valence-corrected chi connectivity index (χ3v) is 3.23. The van der Waals surface area contributed by atoms with Crippen molar-refractivity contribution >= 4 is 17.2 Å². The van der Waals surface area contributed by atoms with Gasteiger partial charge in [0.05, 0.1) is 29.2 Å². The summed E-state index contributed by atoms with van der Waals surface area (Å²) in [5, 5.41) is 0. The second-order valence-corrected chi connectivity index (χ2v) is 6.13. The number of aromatic nitrogens is 2. The van der Waals surface area contributed by atoms with Crippen LogP contribution in [0.5, 0.6) is 0 Å². The van der Waals surface area contributed by atoms with E-state index < -0.39 is 11.0 Å². The Balaban J connectivity index is 2.78. The molecule has 0 aliphatic carbocycles. The van der Waals surface area contributed by atoms with Crippen molar-refractivity contribution in [3.8, 4) is 0 Å². The summed E-state index contributed by atoms with van der Waals surface area (Å²) in [6.45, 7) is 8.57. The van der Waals surface area contributed by atoms with Crippen molar-refractivity contribution in [3.63, 3.8) is 0 Å². The summed E-state index contributed by atoms with van der Waals surface area (Å²) in [4.78, 5) is 4.01. The van der Waals surface area contributed by atoms with Crippen molar-refractivity contribution in [2.45, 2.75) is 39.0 Å². The van der Waals surface area contributed by atoms with Crippen LogP contribution in [0.3, 0.4) is 0 Å². The van der Waals surface area contributed by atoms with E-state index in [2.05, 4.69) is 9.38 Å². The standard InChI is InChI=1S/C10H17N3OS/c1-5-13-8-11-6-9(13)7-12-15(14)10(2,3)4/h6-8H,5H2,1-4H3/b12-7+. The molecule has 5 heteroatoms. The zero-order valence-electron chi connectivity index (χ0n) is 9.60. The van der Waals surface area contributed by atoms with Gasteiger partial charge in [-0.2, -0.15) is 4.40 Å². The van der Waals surface area contributed by atoms with Crippen LogP contribution in [0.4, 0.5) is 0 Å². The number of aryl methyl sites for hydroxylation is 1. The van der Waals surface area contributed by atoms with Crippen molar-refractivity contribution < 1.29 is 4.21 Å². The van der Waals surface area contributed by atoms with Crippen molar-refractivity contribution in [1.29, 1.82) is 0 Å². The van der Waals surface area contributed by atoms with Crippen molar-refractivity contribution in [1.82, 2.24) is 9.55 Å².